The van der Waals surface area contributed by atoms with Gasteiger partial charge < -0.3 is 10.1 Å². The SMILES string of the molecule is CCCC(=O)O[C@H]1CC[C@H]2[C@@H]3CC=C4c5sc(NCCc6ccccc6)nc5CC[C@]4(C)[C@H]3CC[C@]12C. The van der Waals surface area contributed by atoms with E-state index >= 15 is 0 Å². The number of aromatic nitrogens is 1. The minimum absolute atomic E-state index is 0.00692. The van der Waals surface area contributed by atoms with Crippen LogP contribution in [-0.4, -0.2) is 23.6 Å². The number of anilines is 1. The fourth-order valence-electron chi connectivity index (χ4n) is 8.48. The van der Waals surface area contributed by atoms with E-state index in [0.717, 1.165) is 43.3 Å². The quantitative estimate of drug-likeness (QED) is 0.382. The van der Waals surface area contributed by atoms with E-state index in [1.54, 1.807) is 5.57 Å². The largest absolute Gasteiger partial charge is 0.462 e. The smallest absolute Gasteiger partial charge is 0.306 e. The number of rotatable bonds is 7. The van der Waals surface area contributed by atoms with Crippen LogP contribution < -0.4 is 5.32 Å². The Labute approximate surface area is 226 Å². The zero-order chi connectivity index (χ0) is 25.6. The van der Waals surface area contributed by atoms with Gasteiger partial charge in [-0.3, -0.25) is 4.79 Å². The van der Waals surface area contributed by atoms with Gasteiger partial charge in [0.05, 0.1) is 10.6 Å². The van der Waals surface area contributed by atoms with Crippen molar-refractivity contribution in [2.24, 2.45) is 28.6 Å². The predicted molar refractivity (Wildman–Crippen MR) is 152 cm³/mol. The second-order valence-corrected chi connectivity index (χ2v) is 13.5. The van der Waals surface area contributed by atoms with Crippen LogP contribution in [0.5, 0.6) is 0 Å². The summed E-state index contributed by atoms with van der Waals surface area (Å²) >= 11 is 1.88. The lowest BCUT2D eigenvalue weighted by Crippen LogP contribution is -2.50. The van der Waals surface area contributed by atoms with Gasteiger partial charge in [-0.1, -0.05) is 68.5 Å². The number of aryl methyl sites for hydroxylation is 1. The number of hydrogen-bond donors (Lipinski definition) is 1. The van der Waals surface area contributed by atoms with E-state index in [9.17, 15) is 4.79 Å². The summed E-state index contributed by atoms with van der Waals surface area (Å²) in [6.07, 6.45) is 13.3. The van der Waals surface area contributed by atoms with Gasteiger partial charge in [0.2, 0.25) is 0 Å². The summed E-state index contributed by atoms with van der Waals surface area (Å²) in [5.74, 6) is 2.10. The number of benzene rings is 1. The summed E-state index contributed by atoms with van der Waals surface area (Å²) in [4.78, 5) is 18.8. The van der Waals surface area contributed by atoms with Crippen LogP contribution >= 0.6 is 11.3 Å². The molecule has 1 aromatic heterocycles. The topological polar surface area (TPSA) is 51.2 Å². The van der Waals surface area contributed by atoms with Gasteiger partial charge in [0, 0.05) is 18.4 Å². The molecule has 6 atom stereocenters. The molecule has 198 valence electrons. The van der Waals surface area contributed by atoms with Gasteiger partial charge in [0.15, 0.2) is 5.13 Å². The molecule has 0 unspecified atom stereocenters. The van der Waals surface area contributed by atoms with Crippen molar-refractivity contribution in [3.63, 3.8) is 0 Å². The number of carbonyl (C=O) groups excluding carboxylic acids is 1. The first-order chi connectivity index (χ1) is 17.9. The zero-order valence-corrected chi connectivity index (χ0v) is 23.5. The Hall–Kier alpha value is -2.14. The molecule has 1 aromatic carbocycles. The molecule has 2 aromatic rings. The van der Waals surface area contributed by atoms with E-state index in [4.69, 9.17) is 9.72 Å². The Morgan fingerprint density at radius 1 is 1.14 bits per heavy atom. The molecule has 2 fully saturated rings. The Bertz CT molecular complexity index is 1170. The first-order valence-electron chi connectivity index (χ1n) is 14.6. The van der Waals surface area contributed by atoms with Gasteiger partial charge in [0.1, 0.15) is 6.10 Å². The Morgan fingerprint density at radius 3 is 2.78 bits per heavy atom. The molecule has 5 heteroatoms. The molecule has 1 N–H and O–H groups in total. The van der Waals surface area contributed by atoms with Crippen LogP contribution in [0.1, 0.15) is 88.3 Å². The lowest BCUT2D eigenvalue weighted by Gasteiger charge is -2.56. The van der Waals surface area contributed by atoms with Crippen LogP contribution in [-0.2, 0) is 22.4 Å². The molecule has 0 bridgehead atoms. The summed E-state index contributed by atoms with van der Waals surface area (Å²) < 4.78 is 6.08. The Balaban J connectivity index is 1.18. The average molecular weight is 519 g/mol. The van der Waals surface area contributed by atoms with E-state index in [-0.39, 0.29) is 22.9 Å². The summed E-state index contributed by atoms with van der Waals surface area (Å²) in [6, 6.07) is 10.7. The fraction of sp³-hybridized carbons (Fsp3) is 0.625. The zero-order valence-electron chi connectivity index (χ0n) is 22.7. The molecule has 37 heavy (non-hydrogen) atoms. The maximum Gasteiger partial charge on any atom is 0.306 e. The van der Waals surface area contributed by atoms with Crippen LogP contribution in [0.4, 0.5) is 5.13 Å². The maximum absolute atomic E-state index is 12.4. The summed E-state index contributed by atoms with van der Waals surface area (Å²) in [6.45, 7) is 7.96. The third-order valence-electron chi connectivity index (χ3n) is 10.5. The molecule has 2 saturated carbocycles. The molecule has 4 aliphatic rings. The summed E-state index contributed by atoms with van der Waals surface area (Å²) in [5, 5.41) is 4.70. The van der Waals surface area contributed by atoms with Gasteiger partial charge in [-0.05, 0) is 92.1 Å². The average Bonchev–Trinajstić information content (AvgIpc) is 3.45. The predicted octanol–water partition coefficient (Wildman–Crippen LogP) is 7.69. The van der Waals surface area contributed by atoms with E-state index in [1.807, 2.05) is 11.3 Å². The van der Waals surface area contributed by atoms with E-state index < -0.39 is 0 Å². The molecular weight excluding hydrogens is 476 g/mol. The van der Waals surface area contributed by atoms with Crippen molar-refractivity contribution in [1.29, 1.82) is 0 Å². The minimum Gasteiger partial charge on any atom is -0.462 e. The lowest BCUT2D eigenvalue weighted by molar-refractivity contribution is -0.159. The normalized spacial score (nSPS) is 34.0. The highest BCUT2D eigenvalue weighted by atomic mass is 32.1. The lowest BCUT2D eigenvalue weighted by atomic mass is 9.48. The second kappa shape index (κ2) is 9.87. The van der Waals surface area contributed by atoms with Crippen molar-refractivity contribution in [1.82, 2.24) is 4.98 Å². The van der Waals surface area contributed by atoms with Crippen molar-refractivity contribution < 1.29 is 9.53 Å². The monoisotopic (exact) mass is 518 g/mol. The van der Waals surface area contributed by atoms with E-state index in [1.165, 1.54) is 48.2 Å². The van der Waals surface area contributed by atoms with Crippen molar-refractivity contribution in [3.05, 3.63) is 52.5 Å². The van der Waals surface area contributed by atoms with Gasteiger partial charge in [0.25, 0.3) is 0 Å². The Morgan fingerprint density at radius 2 is 1.97 bits per heavy atom. The molecule has 0 amide bonds. The minimum atomic E-state index is 0.00692. The number of allylic oxidation sites excluding steroid dienone is 2. The molecule has 0 spiro atoms. The van der Waals surface area contributed by atoms with Crippen molar-refractivity contribution in [3.8, 4) is 0 Å². The van der Waals surface area contributed by atoms with Gasteiger partial charge in [-0.25, -0.2) is 4.98 Å². The molecule has 0 saturated heterocycles. The van der Waals surface area contributed by atoms with Gasteiger partial charge in [-0.15, -0.1) is 0 Å². The summed E-state index contributed by atoms with van der Waals surface area (Å²) in [5.41, 5.74) is 4.63. The number of ether oxygens (including phenoxy) is 1. The number of fused-ring (bicyclic) bond motifs is 7. The van der Waals surface area contributed by atoms with E-state index in [2.05, 4.69) is 62.5 Å². The third kappa shape index (κ3) is 4.35. The number of carbonyl (C=O) groups is 1. The molecule has 6 rings (SSSR count). The molecule has 0 radical (unpaired) electrons. The van der Waals surface area contributed by atoms with Crippen LogP contribution in [0.25, 0.3) is 5.57 Å². The molecule has 1 heterocycles. The highest BCUT2D eigenvalue weighted by Gasteiger charge is 2.60. The number of thiazole rings is 1. The second-order valence-electron chi connectivity index (χ2n) is 12.5. The number of nitrogens with one attached hydrogen (secondary N) is 1. The van der Waals surface area contributed by atoms with Gasteiger partial charge >= 0.3 is 5.97 Å². The third-order valence-corrected chi connectivity index (χ3v) is 11.6. The van der Waals surface area contributed by atoms with Crippen LogP contribution in [0.15, 0.2) is 36.4 Å². The Kier molecular flexibility index (Phi) is 6.71. The van der Waals surface area contributed by atoms with Crippen LogP contribution in [0, 0.1) is 28.6 Å². The first-order valence-corrected chi connectivity index (χ1v) is 15.4. The van der Waals surface area contributed by atoms with E-state index in [0.29, 0.717) is 18.3 Å². The highest BCUT2D eigenvalue weighted by molar-refractivity contribution is 7.16. The number of esters is 1. The van der Waals surface area contributed by atoms with Gasteiger partial charge in [-0.2, -0.15) is 0 Å². The fourth-order valence-corrected chi connectivity index (χ4v) is 9.69. The molecule has 4 nitrogen and oxygen atoms in total. The highest BCUT2D eigenvalue weighted by Crippen LogP contribution is 2.66. The number of nitrogens with zero attached hydrogens (tertiary/aromatic N) is 1. The van der Waals surface area contributed by atoms with Crippen molar-refractivity contribution in [2.45, 2.75) is 91.1 Å². The van der Waals surface area contributed by atoms with Crippen molar-refractivity contribution in [2.75, 3.05) is 11.9 Å². The maximum atomic E-state index is 12.4. The molecule has 4 aliphatic carbocycles. The van der Waals surface area contributed by atoms with Crippen molar-refractivity contribution >= 4 is 28.0 Å². The number of hydrogen-bond acceptors (Lipinski definition) is 5. The first kappa shape index (κ1) is 25.2. The molecule has 0 aliphatic heterocycles. The standard InChI is InChI=1S/C32H42N2O2S/c1-4-8-28(35)36-27-14-13-23-22-11-12-25-29-26(16-19-31(25,2)24(22)15-18-32(23,27)3)34-30(37-29)33-20-17-21-9-6-5-7-10-21/h5-7,9-10,12,22-24,27H,4,8,11,13-20H2,1-3H3,(H,33,34)/t22-,23-,24-,27-,31+,32-/m0/s1. The molecular formula is C32H42N2O2S. The summed E-state index contributed by atoms with van der Waals surface area (Å²) in [7, 11) is 0. The van der Waals surface area contributed by atoms with Crippen LogP contribution in [0.2, 0.25) is 0 Å². The van der Waals surface area contributed by atoms with Crippen LogP contribution in [0.3, 0.4) is 0 Å².